The lowest BCUT2D eigenvalue weighted by molar-refractivity contribution is 0.737. The van der Waals surface area contributed by atoms with E-state index in [1.807, 2.05) is 0 Å². The van der Waals surface area contributed by atoms with Crippen LogP contribution in [0.4, 0.5) is 0 Å². The molecule has 0 nitrogen and oxygen atoms in total. The minimum atomic E-state index is 1.06. The monoisotopic (exact) mass is 175 g/mol. The predicted octanol–water partition coefficient (Wildman–Crippen LogP) is 2.93. The number of unbranched alkanes of at least 4 members (excludes halogenated alkanes) is 3. The third-order valence-electron chi connectivity index (χ3n) is 1.00. The number of alkyl halides is 1. The molecule has 0 aliphatic heterocycles. The van der Waals surface area contributed by atoms with Gasteiger partial charge in [0.1, 0.15) is 0 Å². The Morgan fingerprint density at radius 3 is 2.50 bits per heavy atom. The Morgan fingerprint density at radius 2 is 2.00 bits per heavy atom. The van der Waals surface area contributed by atoms with Crippen LogP contribution >= 0.6 is 15.9 Å². The number of allylic oxidation sites excluding steroid dienone is 1. The highest BCUT2D eigenvalue weighted by atomic mass is 79.9. The van der Waals surface area contributed by atoms with E-state index in [-0.39, 0.29) is 0 Å². The van der Waals surface area contributed by atoms with Gasteiger partial charge in [-0.05, 0) is 19.3 Å². The van der Waals surface area contributed by atoms with E-state index in [0.29, 0.717) is 0 Å². The summed E-state index contributed by atoms with van der Waals surface area (Å²) in [5, 5.41) is 1.12. The first-order valence-corrected chi connectivity index (χ1v) is 4.13. The fourth-order valence-electron chi connectivity index (χ4n) is 0.533. The van der Waals surface area contributed by atoms with Crippen LogP contribution in [0.5, 0.6) is 0 Å². The Balaban J connectivity index is 2.62. The van der Waals surface area contributed by atoms with Gasteiger partial charge in [-0.1, -0.05) is 35.0 Å². The van der Waals surface area contributed by atoms with Crippen LogP contribution in [-0.2, 0) is 0 Å². The van der Waals surface area contributed by atoms with Crippen LogP contribution in [0.15, 0.2) is 6.08 Å². The third-order valence-corrected chi connectivity index (χ3v) is 1.57. The van der Waals surface area contributed by atoms with E-state index in [1.54, 1.807) is 6.08 Å². The SMILES string of the molecule is [CH]=CCCCCCBr. The van der Waals surface area contributed by atoms with Crippen molar-refractivity contribution in [1.29, 1.82) is 0 Å². The molecule has 1 heteroatoms. The Hall–Kier alpha value is 0.220. The minimum Gasteiger partial charge on any atom is -0.0928 e. The first kappa shape index (κ1) is 8.22. The summed E-state index contributed by atoms with van der Waals surface area (Å²) in [5.41, 5.74) is 0. The lowest BCUT2D eigenvalue weighted by atomic mass is 10.2. The molecule has 0 aromatic carbocycles. The smallest absolute Gasteiger partial charge is 0.00313 e. The van der Waals surface area contributed by atoms with Gasteiger partial charge in [0.25, 0.3) is 0 Å². The van der Waals surface area contributed by atoms with Gasteiger partial charge < -0.3 is 0 Å². The van der Waals surface area contributed by atoms with Gasteiger partial charge in [0.15, 0.2) is 0 Å². The molecular formula is C7H12Br. The molecule has 1 radical (unpaired) electrons. The molecule has 0 rings (SSSR count). The molecule has 0 aromatic heterocycles. The second kappa shape index (κ2) is 7.22. The summed E-state index contributed by atoms with van der Waals surface area (Å²) in [5.74, 6) is 0. The van der Waals surface area contributed by atoms with Gasteiger partial charge in [-0.2, -0.15) is 0 Å². The average molecular weight is 176 g/mol. The summed E-state index contributed by atoms with van der Waals surface area (Å²) < 4.78 is 0. The fourth-order valence-corrected chi connectivity index (χ4v) is 0.930. The highest BCUT2D eigenvalue weighted by Crippen LogP contribution is 2.01. The van der Waals surface area contributed by atoms with Crippen molar-refractivity contribution in [3.8, 4) is 0 Å². The van der Waals surface area contributed by atoms with Crippen molar-refractivity contribution < 1.29 is 0 Å². The second-order valence-corrected chi connectivity index (χ2v) is 2.57. The van der Waals surface area contributed by atoms with Gasteiger partial charge in [0, 0.05) is 5.33 Å². The molecule has 0 amide bonds. The molecule has 0 aliphatic carbocycles. The molecule has 0 saturated carbocycles. The quantitative estimate of drug-likeness (QED) is 0.446. The van der Waals surface area contributed by atoms with E-state index in [1.165, 1.54) is 19.3 Å². The van der Waals surface area contributed by atoms with Crippen molar-refractivity contribution in [3.05, 3.63) is 12.7 Å². The Morgan fingerprint density at radius 1 is 1.25 bits per heavy atom. The maximum Gasteiger partial charge on any atom is 0.00313 e. The number of hydrogen-bond donors (Lipinski definition) is 0. The molecule has 0 aromatic rings. The molecule has 0 N–H and O–H groups in total. The van der Waals surface area contributed by atoms with E-state index in [2.05, 4.69) is 15.9 Å². The molecule has 0 heterocycles. The lowest BCUT2D eigenvalue weighted by Gasteiger charge is -1.90. The van der Waals surface area contributed by atoms with Crippen molar-refractivity contribution in [2.24, 2.45) is 0 Å². The minimum absolute atomic E-state index is 1.06. The van der Waals surface area contributed by atoms with Gasteiger partial charge in [-0.15, -0.1) is 0 Å². The summed E-state index contributed by atoms with van der Waals surface area (Å²) >= 11 is 3.36. The van der Waals surface area contributed by atoms with Crippen LogP contribution in [0.2, 0.25) is 0 Å². The standard InChI is InChI=1S/C7H12Br/c1-2-3-4-5-6-7-8/h1-2H,3-7H2. The van der Waals surface area contributed by atoms with E-state index < -0.39 is 0 Å². The maximum atomic E-state index is 5.17. The molecular weight excluding hydrogens is 164 g/mol. The van der Waals surface area contributed by atoms with Crippen molar-refractivity contribution in [2.75, 3.05) is 5.33 Å². The Labute approximate surface area is 60.1 Å². The zero-order chi connectivity index (χ0) is 6.24. The maximum absolute atomic E-state index is 5.17. The zero-order valence-corrected chi connectivity index (χ0v) is 6.65. The highest BCUT2D eigenvalue weighted by Gasteiger charge is 1.82. The van der Waals surface area contributed by atoms with Crippen molar-refractivity contribution in [1.82, 2.24) is 0 Å². The second-order valence-electron chi connectivity index (χ2n) is 1.77. The molecule has 0 spiro atoms. The topological polar surface area (TPSA) is 0 Å². The summed E-state index contributed by atoms with van der Waals surface area (Å²) in [7, 11) is 0. The van der Waals surface area contributed by atoms with E-state index in [4.69, 9.17) is 6.58 Å². The fraction of sp³-hybridized carbons (Fsp3) is 0.714. The molecule has 0 aliphatic rings. The molecule has 0 unspecified atom stereocenters. The molecule has 0 atom stereocenters. The first-order valence-electron chi connectivity index (χ1n) is 3.01. The number of halogens is 1. The van der Waals surface area contributed by atoms with Crippen molar-refractivity contribution in [2.45, 2.75) is 25.7 Å². The third kappa shape index (κ3) is 6.22. The number of rotatable bonds is 5. The van der Waals surface area contributed by atoms with Crippen molar-refractivity contribution in [3.63, 3.8) is 0 Å². The van der Waals surface area contributed by atoms with Crippen LogP contribution in [0.1, 0.15) is 25.7 Å². The summed E-state index contributed by atoms with van der Waals surface area (Å²) in [6.07, 6.45) is 6.59. The van der Waals surface area contributed by atoms with E-state index in [0.717, 1.165) is 11.8 Å². The van der Waals surface area contributed by atoms with Crippen molar-refractivity contribution >= 4 is 15.9 Å². The summed E-state index contributed by atoms with van der Waals surface area (Å²) in [6.45, 7) is 5.17. The average Bonchev–Trinajstić information content (AvgIpc) is 1.81. The Bertz CT molecular complexity index is 50.3. The summed E-state index contributed by atoms with van der Waals surface area (Å²) in [4.78, 5) is 0. The number of hydrogen-bond acceptors (Lipinski definition) is 0. The van der Waals surface area contributed by atoms with Gasteiger partial charge in [-0.25, -0.2) is 0 Å². The van der Waals surface area contributed by atoms with Gasteiger partial charge in [-0.3, -0.25) is 0 Å². The summed E-state index contributed by atoms with van der Waals surface area (Å²) in [6, 6.07) is 0. The van der Waals surface area contributed by atoms with Gasteiger partial charge in [0.05, 0.1) is 0 Å². The van der Waals surface area contributed by atoms with E-state index >= 15 is 0 Å². The van der Waals surface area contributed by atoms with Crippen LogP contribution < -0.4 is 0 Å². The van der Waals surface area contributed by atoms with Gasteiger partial charge in [0.2, 0.25) is 0 Å². The predicted molar refractivity (Wildman–Crippen MR) is 41.1 cm³/mol. The van der Waals surface area contributed by atoms with Crippen LogP contribution in [-0.4, -0.2) is 5.33 Å². The normalized spacial score (nSPS) is 9.12. The zero-order valence-electron chi connectivity index (χ0n) is 5.07. The molecule has 47 valence electrons. The van der Waals surface area contributed by atoms with Crippen LogP contribution in [0.25, 0.3) is 0 Å². The van der Waals surface area contributed by atoms with E-state index in [9.17, 15) is 0 Å². The molecule has 0 saturated heterocycles. The molecule has 8 heavy (non-hydrogen) atoms. The lowest BCUT2D eigenvalue weighted by Crippen LogP contribution is -1.74. The largest absolute Gasteiger partial charge is 0.0928 e. The molecule has 0 fully saturated rings. The highest BCUT2D eigenvalue weighted by molar-refractivity contribution is 9.09. The van der Waals surface area contributed by atoms with Crippen LogP contribution in [0.3, 0.4) is 0 Å². The van der Waals surface area contributed by atoms with Crippen LogP contribution in [0, 0.1) is 6.58 Å². The van der Waals surface area contributed by atoms with Gasteiger partial charge >= 0.3 is 0 Å². The first-order chi connectivity index (χ1) is 3.91. The molecule has 0 bridgehead atoms. The Kier molecular flexibility index (Phi) is 7.42.